The van der Waals surface area contributed by atoms with Gasteiger partial charge in [-0.3, -0.25) is 0 Å². The van der Waals surface area contributed by atoms with E-state index in [-0.39, 0.29) is 15.5 Å². The monoisotopic (exact) mass is 313 g/mol. The molecule has 0 aliphatic rings. The van der Waals surface area contributed by atoms with Crippen LogP contribution < -0.4 is 0 Å². The van der Waals surface area contributed by atoms with Gasteiger partial charge in [0.15, 0.2) is 0 Å². The molecule has 0 aliphatic heterocycles. The maximum Gasteiger partial charge on any atom is 0.261 e. The maximum absolute atomic E-state index is 11.0. The van der Waals surface area contributed by atoms with Crippen LogP contribution >= 0.6 is 38.2 Å². The predicted octanol–water partition coefficient (Wildman–Crippen LogP) is 2.90. The Hall–Kier alpha value is -0.280. The van der Waals surface area contributed by atoms with Gasteiger partial charge in [-0.05, 0) is 28.1 Å². The second-order valence-electron chi connectivity index (χ2n) is 2.32. The van der Waals surface area contributed by atoms with Gasteiger partial charge < -0.3 is 0 Å². The van der Waals surface area contributed by atoms with Crippen LogP contribution in [0.3, 0.4) is 0 Å². The Kier molecular flexibility index (Phi) is 3.43. The molecule has 0 saturated carbocycles. The fourth-order valence-corrected chi connectivity index (χ4v) is 2.33. The lowest BCUT2D eigenvalue weighted by Gasteiger charge is -2.01. The molecule has 0 aliphatic carbocycles. The third kappa shape index (κ3) is 2.39. The van der Waals surface area contributed by atoms with E-state index in [4.69, 9.17) is 27.5 Å². The van der Waals surface area contributed by atoms with Crippen molar-refractivity contribution in [3.63, 3.8) is 0 Å². The van der Waals surface area contributed by atoms with Crippen LogP contribution in [0.1, 0.15) is 5.56 Å². The highest BCUT2D eigenvalue weighted by molar-refractivity contribution is 9.10. The van der Waals surface area contributed by atoms with Gasteiger partial charge in [0.05, 0.1) is 15.5 Å². The zero-order valence-electron chi connectivity index (χ0n) is 6.46. The lowest BCUT2D eigenvalue weighted by molar-refractivity contribution is 0.609. The summed E-state index contributed by atoms with van der Waals surface area (Å²) in [5, 5.41) is 8.80. The van der Waals surface area contributed by atoms with Gasteiger partial charge in [0.1, 0.15) is 6.07 Å². The van der Waals surface area contributed by atoms with Gasteiger partial charge in [0, 0.05) is 15.2 Å². The molecule has 0 heterocycles. The molecule has 0 spiro atoms. The number of rotatable bonds is 1. The quantitative estimate of drug-likeness (QED) is 0.749. The Balaban J connectivity index is 3.56. The Morgan fingerprint density at radius 2 is 2.00 bits per heavy atom. The minimum atomic E-state index is -3.84. The maximum atomic E-state index is 11.0. The van der Waals surface area contributed by atoms with Gasteiger partial charge in [-0.25, -0.2) is 8.42 Å². The van der Waals surface area contributed by atoms with E-state index in [0.717, 1.165) is 6.07 Å². The van der Waals surface area contributed by atoms with Gasteiger partial charge in [0.25, 0.3) is 9.05 Å². The predicted molar refractivity (Wildman–Crippen MR) is 56.9 cm³/mol. The van der Waals surface area contributed by atoms with Crippen LogP contribution in [0.4, 0.5) is 0 Å². The van der Waals surface area contributed by atoms with Crippen molar-refractivity contribution in [2.24, 2.45) is 0 Å². The zero-order chi connectivity index (χ0) is 10.9. The van der Waals surface area contributed by atoms with Gasteiger partial charge in [-0.15, -0.1) is 0 Å². The summed E-state index contributed by atoms with van der Waals surface area (Å²) in [6.07, 6.45) is 0. The standard InChI is InChI=1S/C7H2BrCl2NO2S/c8-6-2-5(14(10,12)13)1-4(3-11)7(6)9/h1-2H. The van der Waals surface area contributed by atoms with Gasteiger partial charge in [-0.2, -0.15) is 5.26 Å². The first-order valence-electron chi connectivity index (χ1n) is 3.20. The molecule has 3 nitrogen and oxygen atoms in total. The summed E-state index contributed by atoms with van der Waals surface area (Å²) in [5.41, 5.74) is 0.0558. The van der Waals surface area contributed by atoms with Gasteiger partial charge in [0.2, 0.25) is 0 Å². The molecular formula is C7H2BrCl2NO2S. The van der Waals surface area contributed by atoms with Crippen molar-refractivity contribution in [1.29, 1.82) is 5.26 Å². The number of hydrogen-bond acceptors (Lipinski definition) is 3. The second kappa shape index (κ2) is 4.07. The lowest BCUT2D eigenvalue weighted by atomic mass is 10.2. The van der Waals surface area contributed by atoms with Crippen LogP contribution in [0.15, 0.2) is 21.5 Å². The first-order valence-corrected chi connectivity index (χ1v) is 6.68. The fourth-order valence-electron chi connectivity index (χ4n) is 0.786. The summed E-state index contributed by atoms with van der Waals surface area (Å²) in [7, 11) is 1.27. The molecular weight excluding hydrogens is 313 g/mol. The lowest BCUT2D eigenvalue weighted by Crippen LogP contribution is -1.92. The summed E-state index contributed by atoms with van der Waals surface area (Å²) >= 11 is 8.73. The van der Waals surface area contributed by atoms with Crippen molar-refractivity contribution in [1.82, 2.24) is 0 Å². The smallest absolute Gasteiger partial charge is 0.207 e. The number of nitrogens with zero attached hydrogens (tertiary/aromatic N) is 1. The Morgan fingerprint density at radius 3 is 2.43 bits per heavy atom. The SMILES string of the molecule is N#Cc1cc(S(=O)(=O)Cl)cc(Br)c1Cl. The van der Waals surface area contributed by atoms with Crippen LogP contribution in [-0.2, 0) is 9.05 Å². The molecule has 0 atom stereocenters. The molecule has 0 fully saturated rings. The van der Waals surface area contributed by atoms with Crippen molar-refractivity contribution < 1.29 is 8.42 Å². The third-order valence-electron chi connectivity index (χ3n) is 1.40. The normalized spacial score (nSPS) is 11.0. The molecule has 0 saturated heterocycles. The topological polar surface area (TPSA) is 57.9 Å². The molecule has 1 aromatic carbocycles. The van der Waals surface area contributed by atoms with Gasteiger partial charge in [-0.1, -0.05) is 11.6 Å². The molecule has 0 unspecified atom stereocenters. The molecule has 0 aromatic heterocycles. The van der Waals surface area contributed by atoms with Crippen molar-refractivity contribution in [3.05, 3.63) is 27.2 Å². The summed E-state index contributed by atoms with van der Waals surface area (Å²) in [6.45, 7) is 0. The first-order chi connectivity index (χ1) is 6.36. The second-order valence-corrected chi connectivity index (χ2v) is 6.11. The number of halogens is 3. The van der Waals surface area contributed by atoms with Crippen molar-refractivity contribution in [3.8, 4) is 6.07 Å². The highest BCUT2D eigenvalue weighted by Crippen LogP contribution is 2.30. The third-order valence-corrected chi connectivity index (χ3v) is 4.00. The highest BCUT2D eigenvalue weighted by atomic mass is 79.9. The van der Waals surface area contributed by atoms with E-state index >= 15 is 0 Å². The average Bonchev–Trinajstić information content (AvgIpc) is 2.07. The van der Waals surface area contributed by atoms with Crippen LogP contribution in [0.2, 0.25) is 5.02 Å². The number of benzene rings is 1. The van der Waals surface area contributed by atoms with E-state index < -0.39 is 9.05 Å². The van der Waals surface area contributed by atoms with Crippen LogP contribution in [0.25, 0.3) is 0 Å². The molecule has 7 heteroatoms. The van der Waals surface area contributed by atoms with E-state index in [1.165, 1.54) is 6.07 Å². The van der Waals surface area contributed by atoms with Crippen LogP contribution in [0, 0.1) is 11.3 Å². The molecule has 0 N–H and O–H groups in total. The summed E-state index contributed by atoms with van der Waals surface area (Å²) in [6, 6.07) is 4.13. The van der Waals surface area contributed by atoms with E-state index in [1.807, 2.05) is 0 Å². The fraction of sp³-hybridized carbons (Fsp3) is 0. The van der Waals surface area contributed by atoms with Gasteiger partial charge >= 0.3 is 0 Å². The summed E-state index contributed by atoms with van der Waals surface area (Å²) < 4.78 is 22.2. The van der Waals surface area contributed by atoms with Crippen LogP contribution in [0.5, 0.6) is 0 Å². The van der Waals surface area contributed by atoms with Crippen molar-refractivity contribution >= 4 is 47.3 Å². The number of nitriles is 1. The molecule has 74 valence electrons. The average molecular weight is 315 g/mol. The zero-order valence-corrected chi connectivity index (χ0v) is 10.4. The largest absolute Gasteiger partial charge is 0.261 e. The summed E-state index contributed by atoms with van der Waals surface area (Å²) in [5.74, 6) is 0. The van der Waals surface area contributed by atoms with Crippen LogP contribution in [-0.4, -0.2) is 8.42 Å². The molecule has 14 heavy (non-hydrogen) atoms. The van der Waals surface area contributed by atoms with E-state index in [9.17, 15) is 8.42 Å². The first kappa shape index (κ1) is 11.8. The molecule has 1 rings (SSSR count). The van der Waals surface area contributed by atoms with E-state index in [2.05, 4.69) is 15.9 Å². The Labute approximate surface area is 98.8 Å². The molecule has 0 amide bonds. The molecule has 0 bridgehead atoms. The molecule has 0 radical (unpaired) electrons. The van der Waals surface area contributed by atoms with Crippen molar-refractivity contribution in [2.45, 2.75) is 4.90 Å². The van der Waals surface area contributed by atoms with E-state index in [0.29, 0.717) is 4.47 Å². The summed E-state index contributed by atoms with van der Waals surface area (Å²) in [4.78, 5) is -0.160. The minimum Gasteiger partial charge on any atom is -0.207 e. The molecule has 1 aromatic rings. The Bertz CT molecular complexity index is 521. The Morgan fingerprint density at radius 1 is 1.43 bits per heavy atom. The van der Waals surface area contributed by atoms with E-state index in [1.54, 1.807) is 6.07 Å². The minimum absolute atomic E-state index is 0.0558. The number of hydrogen-bond donors (Lipinski definition) is 0. The highest BCUT2D eigenvalue weighted by Gasteiger charge is 2.15. The van der Waals surface area contributed by atoms with Crippen molar-refractivity contribution in [2.75, 3.05) is 0 Å².